The number of carbonyl (C=O) groups is 1. The summed E-state index contributed by atoms with van der Waals surface area (Å²) in [5, 5.41) is 0. The maximum atomic E-state index is 10.6. The number of aldehydes is 1. The van der Waals surface area contributed by atoms with Crippen molar-refractivity contribution in [3.05, 3.63) is 35.5 Å². The molecule has 0 N–H and O–H groups in total. The molecule has 1 aliphatic rings. The van der Waals surface area contributed by atoms with Gasteiger partial charge in [0.15, 0.2) is 0 Å². The van der Waals surface area contributed by atoms with Crippen molar-refractivity contribution in [2.75, 3.05) is 7.11 Å². The lowest BCUT2D eigenvalue weighted by Gasteiger charge is -2.12. The van der Waals surface area contributed by atoms with Gasteiger partial charge in [0.05, 0.1) is 6.10 Å². The van der Waals surface area contributed by atoms with Gasteiger partial charge in [-0.1, -0.05) is 25.2 Å². The molecule has 0 fully saturated rings. The fourth-order valence-corrected chi connectivity index (χ4v) is 1.34. The van der Waals surface area contributed by atoms with Gasteiger partial charge in [0.25, 0.3) is 0 Å². The summed E-state index contributed by atoms with van der Waals surface area (Å²) >= 11 is 0. The molecule has 0 saturated heterocycles. The number of allylic oxidation sites excluding steroid dienone is 4. The summed E-state index contributed by atoms with van der Waals surface area (Å²) in [4.78, 5) is 10.6. The van der Waals surface area contributed by atoms with E-state index in [0.717, 1.165) is 18.3 Å². The average Bonchev–Trinajstić information content (AvgIpc) is 2.38. The molecule has 2 heteroatoms. The Kier molecular flexibility index (Phi) is 3.65. The van der Waals surface area contributed by atoms with Crippen LogP contribution in [0.15, 0.2) is 35.5 Å². The molecule has 0 spiro atoms. The Morgan fingerprint density at radius 2 is 2.38 bits per heavy atom. The average molecular weight is 178 g/mol. The molecule has 0 aromatic rings. The molecular weight excluding hydrogens is 164 g/mol. The van der Waals surface area contributed by atoms with Gasteiger partial charge in [0, 0.05) is 12.7 Å². The Morgan fingerprint density at radius 3 is 2.92 bits per heavy atom. The van der Waals surface area contributed by atoms with E-state index >= 15 is 0 Å². The van der Waals surface area contributed by atoms with E-state index in [0.29, 0.717) is 5.57 Å². The Morgan fingerprint density at radius 1 is 1.62 bits per heavy atom. The van der Waals surface area contributed by atoms with Crippen molar-refractivity contribution >= 4 is 6.29 Å². The summed E-state index contributed by atoms with van der Waals surface area (Å²) in [5.41, 5.74) is 1.84. The SMILES string of the molecule is CCC1=CC(C=O)=CC=CC1OC. The second kappa shape index (κ2) is 4.77. The summed E-state index contributed by atoms with van der Waals surface area (Å²) in [6.07, 6.45) is 9.26. The van der Waals surface area contributed by atoms with E-state index in [1.165, 1.54) is 0 Å². The van der Waals surface area contributed by atoms with E-state index in [9.17, 15) is 4.79 Å². The topological polar surface area (TPSA) is 26.3 Å². The number of ether oxygens (including phenoxy) is 1. The van der Waals surface area contributed by atoms with Crippen LogP contribution in [-0.4, -0.2) is 19.5 Å². The summed E-state index contributed by atoms with van der Waals surface area (Å²) in [7, 11) is 1.67. The van der Waals surface area contributed by atoms with Crippen molar-refractivity contribution in [2.45, 2.75) is 19.4 Å². The predicted octanol–water partition coefficient (Wildman–Crippen LogP) is 2.03. The standard InChI is InChI=1S/C11H14O2/c1-3-10-7-9(8-12)5-4-6-11(10)13-2/h4-8,11H,3H2,1-2H3. The summed E-state index contributed by atoms with van der Waals surface area (Å²) in [6.45, 7) is 2.05. The lowest BCUT2D eigenvalue weighted by molar-refractivity contribution is -0.104. The first kappa shape index (κ1) is 9.93. The Hall–Kier alpha value is -1.15. The lowest BCUT2D eigenvalue weighted by atomic mass is 10.1. The molecule has 1 unspecified atom stereocenters. The van der Waals surface area contributed by atoms with Gasteiger partial charge in [0.1, 0.15) is 6.29 Å². The number of rotatable bonds is 3. The summed E-state index contributed by atoms with van der Waals surface area (Å²) < 4.78 is 5.26. The minimum atomic E-state index is 0.0127. The maximum Gasteiger partial charge on any atom is 0.150 e. The van der Waals surface area contributed by atoms with Gasteiger partial charge in [0.2, 0.25) is 0 Å². The van der Waals surface area contributed by atoms with Crippen LogP contribution in [0.1, 0.15) is 13.3 Å². The summed E-state index contributed by atoms with van der Waals surface area (Å²) in [6, 6.07) is 0. The quantitative estimate of drug-likeness (QED) is 0.618. The minimum Gasteiger partial charge on any atom is -0.373 e. The molecule has 70 valence electrons. The third kappa shape index (κ3) is 2.39. The predicted molar refractivity (Wildman–Crippen MR) is 52.5 cm³/mol. The van der Waals surface area contributed by atoms with E-state index in [1.807, 2.05) is 18.2 Å². The molecule has 0 radical (unpaired) electrons. The van der Waals surface area contributed by atoms with Crippen LogP contribution in [0.3, 0.4) is 0 Å². The molecule has 2 nitrogen and oxygen atoms in total. The van der Waals surface area contributed by atoms with Gasteiger partial charge in [-0.05, 0) is 18.1 Å². The van der Waals surface area contributed by atoms with Gasteiger partial charge in [-0.3, -0.25) is 4.79 Å². The van der Waals surface area contributed by atoms with Crippen molar-refractivity contribution in [1.82, 2.24) is 0 Å². The molecule has 0 bridgehead atoms. The van der Waals surface area contributed by atoms with Crippen LogP contribution in [0.5, 0.6) is 0 Å². The van der Waals surface area contributed by atoms with Crippen LogP contribution in [0.25, 0.3) is 0 Å². The Balaban J connectivity index is 2.95. The largest absolute Gasteiger partial charge is 0.373 e. The second-order valence-electron chi connectivity index (χ2n) is 2.90. The monoisotopic (exact) mass is 178 g/mol. The van der Waals surface area contributed by atoms with Gasteiger partial charge < -0.3 is 4.74 Å². The van der Waals surface area contributed by atoms with Crippen LogP contribution in [0.4, 0.5) is 0 Å². The fourth-order valence-electron chi connectivity index (χ4n) is 1.34. The summed E-state index contributed by atoms with van der Waals surface area (Å²) in [5.74, 6) is 0. The number of carbonyl (C=O) groups excluding carboxylic acids is 1. The van der Waals surface area contributed by atoms with Crippen LogP contribution in [0.2, 0.25) is 0 Å². The van der Waals surface area contributed by atoms with Gasteiger partial charge in [-0.2, -0.15) is 0 Å². The highest BCUT2D eigenvalue weighted by molar-refractivity contribution is 5.78. The molecule has 0 aliphatic heterocycles. The zero-order chi connectivity index (χ0) is 9.68. The zero-order valence-electron chi connectivity index (χ0n) is 7.99. The highest BCUT2D eigenvalue weighted by Crippen LogP contribution is 2.17. The second-order valence-corrected chi connectivity index (χ2v) is 2.90. The lowest BCUT2D eigenvalue weighted by Crippen LogP contribution is -2.09. The number of methoxy groups -OCH3 is 1. The van der Waals surface area contributed by atoms with Gasteiger partial charge >= 0.3 is 0 Å². The highest BCUT2D eigenvalue weighted by atomic mass is 16.5. The van der Waals surface area contributed by atoms with E-state index in [2.05, 4.69) is 6.92 Å². The highest BCUT2D eigenvalue weighted by Gasteiger charge is 2.10. The third-order valence-corrected chi connectivity index (χ3v) is 2.09. The minimum absolute atomic E-state index is 0.0127. The molecule has 0 amide bonds. The van der Waals surface area contributed by atoms with Crippen LogP contribution in [-0.2, 0) is 9.53 Å². The molecule has 13 heavy (non-hydrogen) atoms. The molecule has 0 aromatic carbocycles. The molecule has 1 atom stereocenters. The van der Waals surface area contributed by atoms with Crippen molar-refractivity contribution in [3.63, 3.8) is 0 Å². The third-order valence-electron chi connectivity index (χ3n) is 2.09. The normalized spacial score (nSPS) is 21.8. The smallest absolute Gasteiger partial charge is 0.150 e. The Labute approximate surface area is 78.6 Å². The number of hydrogen-bond donors (Lipinski definition) is 0. The molecule has 0 saturated carbocycles. The fraction of sp³-hybridized carbons (Fsp3) is 0.364. The maximum absolute atomic E-state index is 10.6. The zero-order valence-corrected chi connectivity index (χ0v) is 7.99. The molecule has 1 rings (SSSR count). The molecule has 0 aromatic heterocycles. The van der Waals surface area contributed by atoms with E-state index in [4.69, 9.17) is 4.74 Å². The molecular formula is C11H14O2. The molecule has 1 aliphatic carbocycles. The van der Waals surface area contributed by atoms with Gasteiger partial charge in [-0.25, -0.2) is 0 Å². The first-order valence-electron chi connectivity index (χ1n) is 4.38. The number of hydrogen-bond acceptors (Lipinski definition) is 2. The van der Waals surface area contributed by atoms with E-state index in [-0.39, 0.29) is 6.10 Å². The first-order valence-corrected chi connectivity index (χ1v) is 4.38. The Bertz CT molecular complexity index is 272. The van der Waals surface area contributed by atoms with Gasteiger partial charge in [-0.15, -0.1) is 0 Å². The van der Waals surface area contributed by atoms with Crippen molar-refractivity contribution in [1.29, 1.82) is 0 Å². The van der Waals surface area contributed by atoms with Crippen molar-refractivity contribution in [2.24, 2.45) is 0 Å². The van der Waals surface area contributed by atoms with Crippen molar-refractivity contribution < 1.29 is 9.53 Å². The van der Waals surface area contributed by atoms with E-state index in [1.54, 1.807) is 13.2 Å². The van der Waals surface area contributed by atoms with Crippen LogP contribution < -0.4 is 0 Å². The van der Waals surface area contributed by atoms with Crippen molar-refractivity contribution in [3.8, 4) is 0 Å². The first-order chi connectivity index (χ1) is 6.31. The van der Waals surface area contributed by atoms with Crippen LogP contribution >= 0.6 is 0 Å². The van der Waals surface area contributed by atoms with Crippen LogP contribution in [0, 0.1) is 0 Å². The molecule has 0 heterocycles. The van der Waals surface area contributed by atoms with E-state index < -0.39 is 0 Å².